The summed E-state index contributed by atoms with van der Waals surface area (Å²) >= 11 is 15.1. The molecule has 1 rings (SSSR count). The average Bonchev–Trinajstić information content (AvgIpc) is 2.08. The smallest absolute Gasteiger partial charge is 0.133 e. The summed E-state index contributed by atoms with van der Waals surface area (Å²) in [5.41, 5.74) is 0.951. The van der Waals surface area contributed by atoms with Gasteiger partial charge in [-0.25, -0.2) is 4.98 Å². The Morgan fingerprint density at radius 1 is 1.58 bits per heavy atom. The highest BCUT2D eigenvalue weighted by Crippen LogP contribution is 2.31. The normalized spacial score (nSPS) is 13.0. The van der Waals surface area contributed by atoms with Crippen LogP contribution in [-0.2, 0) is 0 Å². The molecule has 12 heavy (non-hydrogen) atoms. The first-order valence-corrected chi connectivity index (χ1v) is 5.27. The van der Waals surface area contributed by atoms with Crippen molar-refractivity contribution in [2.75, 3.05) is 0 Å². The number of halogens is 3. The van der Waals surface area contributed by atoms with Gasteiger partial charge in [-0.1, -0.05) is 46.1 Å². The molecule has 66 valence electrons. The highest BCUT2D eigenvalue weighted by Gasteiger charge is 2.10. The van der Waals surface area contributed by atoms with Crippen LogP contribution in [0.4, 0.5) is 0 Å². The summed E-state index contributed by atoms with van der Waals surface area (Å²) in [7, 11) is 0. The molecule has 0 aliphatic rings. The summed E-state index contributed by atoms with van der Waals surface area (Å²) in [6, 6.07) is 1.83. The molecule has 1 aromatic rings. The van der Waals surface area contributed by atoms with Gasteiger partial charge in [0, 0.05) is 16.6 Å². The molecule has 0 spiro atoms. The molecule has 1 aromatic heterocycles. The van der Waals surface area contributed by atoms with Crippen molar-refractivity contribution in [3.05, 3.63) is 28.0 Å². The summed E-state index contributed by atoms with van der Waals surface area (Å²) < 4.78 is 0. The lowest BCUT2D eigenvalue weighted by Crippen LogP contribution is -1.91. The van der Waals surface area contributed by atoms with E-state index in [1.54, 1.807) is 6.20 Å². The molecular formula is C8H8BrCl2N. The zero-order chi connectivity index (χ0) is 9.14. The maximum atomic E-state index is 5.87. The summed E-state index contributed by atoms with van der Waals surface area (Å²) in [5, 5.41) is 1.13. The minimum absolute atomic E-state index is 0.233. The van der Waals surface area contributed by atoms with E-state index in [2.05, 4.69) is 27.8 Å². The zero-order valence-electron chi connectivity index (χ0n) is 6.52. The van der Waals surface area contributed by atoms with Crippen molar-refractivity contribution in [2.24, 2.45) is 0 Å². The van der Waals surface area contributed by atoms with E-state index in [0.29, 0.717) is 10.2 Å². The minimum Gasteiger partial charge on any atom is -0.243 e. The van der Waals surface area contributed by atoms with Crippen molar-refractivity contribution >= 4 is 39.1 Å². The molecule has 1 atom stereocenters. The lowest BCUT2D eigenvalue weighted by Gasteiger charge is -2.08. The standard InChI is InChI=1S/C8H8BrCl2N/c1-2-7(9)6-3-5(10)4-12-8(6)11/h3-4,7H,2H2,1H3. The van der Waals surface area contributed by atoms with E-state index in [1.807, 2.05) is 6.07 Å². The molecule has 0 aliphatic heterocycles. The van der Waals surface area contributed by atoms with Gasteiger partial charge in [0.15, 0.2) is 0 Å². The largest absolute Gasteiger partial charge is 0.243 e. The number of alkyl halides is 1. The summed E-state index contributed by atoms with van der Waals surface area (Å²) in [4.78, 5) is 4.18. The fourth-order valence-electron chi connectivity index (χ4n) is 0.878. The van der Waals surface area contributed by atoms with E-state index in [0.717, 1.165) is 12.0 Å². The van der Waals surface area contributed by atoms with Gasteiger partial charge in [0.25, 0.3) is 0 Å². The Kier molecular flexibility index (Phi) is 3.81. The van der Waals surface area contributed by atoms with Crippen LogP contribution >= 0.6 is 39.1 Å². The number of pyridine rings is 1. The van der Waals surface area contributed by atoms with Crippen LogP contribution in [0.5, 0.6) is 0 Å². The molecule has 0 saturated heterocycles. The van der Waals surface area contributed by atoms with E-state index < -0.39 is 0 Å². The molecule has 0 saturated carbocycles. The Balaban J connectivity index is 3.04. The Labute approximate surface area is 90.2 Å². The van der Waals surface area contributed by atoms with Gasteiger partial charge in [0.1, 0.15) is 5.15 Å². The first-order valence-electron chi connectivity index (χ1n) is 3.60. The SMILES string of the molecule is CCC(Br)c1cc(Cl)cnc1Cl. The van der Waals surface area contributed by atoms with E-state index in [4.69, 9.17) is 23.2 Å². The molecule has 0 bridgehead atoms. The monoisotopic (exact) mass is 267 g/mol. The average molecular weight is 269 g/mol. The van der Waals surface area contributed by atoms with E-state index in [1.165, 1.54) is 0 Å². The molecule has 4 heteroatoms. The first kappa shape index (κ1) is 10.3. The van der Waals surface area contributed by atoms with Gasteiger partial charge in [0.2, 0.25) is 0 Å². The second-order valence-corrected chi connectivity index (χ2v) is 4.31. The van der Waals surface area contributed by atoms with Crippen LogP contribution in [0.25, 0.3) is 0 Å². The highest BCUT2D eigenvalue weighted by molar-refractivity contribution is 9.09. The fraction of sp³-hybridized carbons (Fsp3) is 0.375. The van der Waals surface area contributed by atoms with Gasteiger partial charge in [-0.3, -0.25) is 0 Å². The van der Waals surface area contributed by atoms with E-state index in [9.17, 15) is 0 Å². The van der Waals surface area contributed by atoms with Crippen LogP contribution in [-0.4, -0.2) is 4.98 Å². The van der Waals surface area contributed by atoms with Gasteiger partial charge < -0.3 is 0 Å². The lowest BCUT2D eigenvalue weighted by molar-refractivity contribution is 0.904. The van der Waals surface area contributed by atoms with Gasteiger partial charge >= 0.3 is 0 Å². The van der Waals surface area contributed by atoms with Gasteiger partial charge in [0.05, 0.1) is 5.02 Å². The Morgan fingerprint density at radius 3 is 2.83 bits per heavy atom. The zero-order valence-corrected chi connectivity index (χ0v) is 9.62. The number of rotatable bonds is 2. The van der Waals surface area contributed by atoms with Crippen molar-refractivity contribution in [3.63, 3.8) is 0 Å². The molecule has 0 radical (unpaired) electrons. The van der Waals surface area contributed by atoms with Gasteiger partial charge in [-0.15, -0.1) is 0 Å². The Bertz CT molecular complexity index is 278. The fourth-order valence-corrected chi connectivity index (χ4v) is 1.76. The molecule has 1 nitrogen and oxygen atoms in total. The molecule has 0 aromatic carbocycles. The molecule has 1 unspecified atom stereocenters. The molecule has 1 heterocycles. The van der Waals surface area contributed by atoms with Crippen LogP contribution in [0.1, 0.15) is 23.7 Å². The van der Waals surface area contributed by atoms with Crippen LogP contribution in [0.3, 0.4) is 0 Å². The van der Waals surface area contributed by atoms with Crippen LogP contribution < -0.4 is 0 Å². The van der Waals surface area contributed by atoms with Crippen LogP contribution in [0.2, 0.25) is 10.2 Å². The predicted molar refractivity (Wildman–Crippen MR) is 56.2 cm³/mol. The third-order valence-electron chi connectivity index (χ3n) is 1.53. The number of hydrogen-bond donors (Lipinski definition) is 0. The van der Waals surface area contributed by atoms with Gasteiger partial charge in [-0.05, 0) is 12.5 Å². The minimum atomic E-state index is 0.233. The van der Waals surface area contributed by atoms with E-state index in [-0.39, 0.29) is 4.83 Å². The summed E-state index contributed by atoms with van der Waals surface area (Å²) in [5.74, 6) is 0. The maximum absolute atomic E-state index is 5.87. The molecular weight excluding hydrogens is 261 g/mol. The number of hydrogen-bond acceptors (Lipinski definition) is 1. The van der Waals surface area contributed by atoms with E-state index >= 15 is 0 Å². The molecule has 0 fully saturated rings. The highest BCUT2D eigenvalue weighted by atomic mass is 79.9. The second kappa shape index (κ2) is 4.45. The second-order valence-electron chi connectivity index (χ2n) is 2.41. The van der Waals surface area contributed by atoms with Crippen molar-refractivity contribution in [3.8, 4) is 0 Å². The Hall–Kier alpha value is 0.210. The third kappa shape index (κ3) is 2.35. The molecule has 0 amide bonds. The van der Waals surface area contributed by atoms with Crippen molar-refractivity contribution in [1.82, 2.24) is 4.98 Å². The number of aromatic nitrogens is 1. The van der Waals surface area contributed by atoms with Crippen LogP contribution in [0, 0.1) is 0 Å². The topological polar surface area (TPSA) is 12.9 Å². The van der Waals surface area contributed by atoms with Crippen LogP contribution in [0.15, 0.2) is 12.3 Å². The summed E-state index contributed by atoms with van der Waals surface area (Å²) in [6.07, 6.45) is 2.50. The van der Waals surface area contributed by atoms with Gasteiger partial charge in [-0.2, -0.15) is 0 Å². The summed E-state index contributed by atoms with van der Waals surface area (Å²) in [6.45, 7) is 2.07. The predicted octanol–water partition coefficient (Wildman–Crippen LogP) is 4.23. The number of nitrogens with zero attached hydrogens (tertiary/aromatic N) is 1. The van der Waals surface area contributed by atoms with Crippen molar-refractivity contribution in [2.45, 2.75) is 18.2 Å². The van der Waals surface area contributed by atoms with Crippen molar-refractivity contribution < 1.29 is 0 Å². The quantitative estimate of drug-likeness (QED) is 0.578. The van der Waals surface area contributed by atoms with Crippen molar-refractivity contribution in [1.29, 1.82) is 0 Å². The maximum Gasteiger partial charge on any atom is 0.133 e. The molecule has 0 N–H and O–H groups in total. The molecule has 0 aliphatic carbocycles. The third-order valence-corrected chi connectivity index (χ3v) is 3.19. The Morgan fingerprint density at radius 2 is 2.25 bits per heavy atom. The first-order chi connectivity index (χ1) is 5.65. The lowest BCUT2D eigenvalue weighted by atomic mass is 10.2.